The lowest BCUT2D eigenvalue weighted by Gasteiger charge is -2.24. The molecule has 0 bridgehead atoms. The summed E-state index contributed by atoms with van der Waals surface area (Å²) in [6.45, 7) is 4.52. The molecule has 0 aliphatic carbocycles. The van der Waals surface area contributed by atoms with Crippen LogP contribution in [0.3, 0.4) is 0 Å². The number of carbonyl (C=O) groups is 2. The zero-order valence-corrected chi connectivity index (χ0v) is 63.5. The van der Waals surface area contributed by atoms with Crippen LogP contribution < -0.4 is 0 Å². The molecule has 0 aromatic heterocycles. The summed E-state index contributed by atoms with van der Waals surface area (Å²) < 4.78 is 34.9. The van der Waals surface area contributed by atoms with E-state index < -0.39 is 26.5 Å². The minimum atomic E-state index is -4.39. The fourth-order valence-corrected chi connectivity index (χ4v) is 13.4. The van der Waals surface area contributed by atoms with Crippen LogP contribution in [0.15, 0.2) is 24.3 Å². The zero-order chi connectivity index (χ0) is 66.9. The highest BCUT2D eigenvalue weighted by Crippen LogP contribution is 2.43. The summed E-state index contributed by atoms with van der Waals surface area (Å²) in [5.74, 6) is -0.768. The number of unbranched alkanes of at least 4 members (excludes halogenated alkanes) is 60. The maximum Gasteiger partial charge on any atom is 0.472 e. The topological polar surface area (TPSA) is 108 Å². The third kappa shape index (κ3) is 77.5. The van der Waals surface area contributed by atoms with Gasteiger partial charge in [0.15, 0.2) is 6.10 Å². The number of carbonyl (C=O) groups excluding carboxylic acids is 2. The van der Waals surface area contributed by atoms with Crippen molar-refractivity contribution in [1.82, 2.24) is 0 Å². The second-order valence-corrected chi connectivity index (χ2v) is 31.0. The molecule has 92 heavy (non-hydrogen) atoms. The summed E-state index contributed by atoms with van der Waals surface area (Å²) in [5.41, 5.74) is 0. The minimum absolute atomic E-state index is 0.0362. The van der Waals surface area contributed by atoms with Crippen LogP contribution in [-0.4, -0.2) is 74.9 Å². The highest BCUT2D eigenvalue weighted by Gasteiger charge is 2.27. The van der Waals surface area contributed by atoms with Gasteiger partial charge < -0.3 is 18.9 Å². The van der Waals surface area contributed by atoms with E-state index in [1.54, 1.807) is 0 Å². The summed E-state index contributed by atoms with van der Waals surface area (Å²) in [5, 5.41) is 0. The minimum Gasteiger partial charge on any atom is -0.462 e. The number of phosphoric acid groups is 1. The Morgan fingerprint density at radius 2 is 0.587 bits per heavy atom. The van der Waals surface area contributed by atoms with Gasteiger partial charge >= 0.3 is 19.8 Å². The number of hydrogen-bond acceptors (Lipinski definition) is 7. The first-order valence-corrected chi connectivity index (χ1v) is 42.6. The van der Waals surface area contributed by atoms with Crippen molar-refractivity contribution in [3.63, 3.8) is 0 Å². The molecule has 0 aliphatic rings. The standard InChI is InChI=1S/C82H160NO8P/c1-6-8-10-12-14-16-18-20-22-24-26-28-30-32-34-36-38-40-41-43-44-46-48-50-52-54-56-58-60-62-64-66-68-70-72-74-81(84)88-78-80(79-90-92(86,87)89-77-76-83(3,4)5)91-82(85)75-73-71-69-67-65-63-61-59-57-55-53-51-49-47-45-42-39-37-35-33-31-29-27-25-23-21-19-17-15-13-11-9-7-2/h19,21,25,27,80H,6-18,20,22-24,26,28-79H2,1-5H3/p+1/b21-19-,27-25-. The lowest BCUT2D eigenvalue weighted by molar-refractivity contribution is -0.870. The van der Waals surface area contributed by atoms with Gasteiger partial charge in [0.2, 0.25) is 0 Å². The molecule has 2 unspecified atom stereocenters. The number of allylic oxidation sites excluding steroid dienone is 4. The van der Waals surface area contributed by atoms with E-state index in [9.17, 15) is 19.0 Å². The molecule has 0 aromatic rings. The van der Waals surface area contributed by atoms with E-state index in [-0.39, 0.29) is 25.6 Å². The second kappa shape index (κ2) is 73.7. The summed E-state index contributed by atoms with van der Waals surface area (Å²) in [4.78, 5) is 36.0. The monoisotopic (exact) mass is 1320 g/mol. The Labute approximate surface area is 574 Å². The second-order valence-electron chi connectivity index (χ2n) is 29.5. The fraction of sp³-hybridized carbons (Fsp3) is 0.927. The quantitative estimate of drug-likeness (QED) is 0.0211. The van der Waals surface area contributed by atoms with Crippen molar-refractivity contribution in [3.8, 4) is 0 Å². The van der Waals surface area contributed by atoms with Crippen molar-refractivity contribution < 1.29 is 42.1 Å². The Hall–Kier alpha value is -1.51. The van der Waals surface area contributed by atoms with E-state index in [0.717, 1.165) is 44.9 Å². The number of esters is 2. The Kier molecular flexibility index (Phi) is 72.5. The van der Waals surface area contributed by atoms with Crippen molar-refractivity contribution >= 4 is 19.8 Å². The summed E-state index contributed by atoms with van der Waals surface area (Å²) >= 11 is 0. The molecule has 1 N–H and O–H groups in total. The molecule has 2 atom stereocenters. The van der Waals surface area contributed by atoms with Crippen molar-refractivity contribution in [1.29, 1.82) is 0 Å². The number of nitrogens with zero attached hydrogens (tertiary/aromatic N) is 1. The smallest absolute Gasteiger partial charge is 0.462 e. The van der Waals surface area contributed by atoms with Gasteiger partial charge in [-0.3, -0.25) is 18.6 Å². The predicted molar refractivity (Wildman–Crippen MR) is 400 cm³/mol. The van der Waals surface area contributed by atoms with E-state index in [4.69, 9.17) is 18.5 Å². The Morgan fingerprint density at radius 3 is 0.859 bits per heavy atom. The van der Waals surface area contributed by atoms with Gasteiger partial charge in [-0.2, -0.15) is 0 Å². The number of quaternary nitrogens is 1. The molecule has 0 saturated carbocycles. The van der Waals surface area contributed by atoms with Crippen LogP contribution in [0.25, 0.3) is 0 Å². The van der Waals surface area contributed by atoms with Gasteiger partial charge in [-0.25, -0.2) is 4.57 Å². The molecule has 0 saturated heterocycles. The van der Waals surface area contributed by atoms with E-state index in [1.807, 2.05) is 21.1 Å². The molecule has 546 valence electrons. The van der Waals surface area contributed by atoms with Crippen molar-refractivity contribution in [2.45, 2.75) is 444 Å². The molecule has 0 radical (unpaired) electrons. The average molecular weight is 1320 g/mol. The van der Waals surface area contributed by atoms with Crippen LogP contribution in [0.1, 0.15) is 438 Å². The van der Waals surface area contributed by atoms with Crippen molar-refractivity contribution in [2.24, 2.45) is 0 Å². The van der Waals surface area contributed by atoms with Gasteiger partial charge in [0, 0.05) is 12.8 Å². The van der Waals surface area contributed by atoms with Gasteiger partial charge in [0.05, 0.1) is 27.7 Å². The number of ether oxygens (including phenoxy) is 2. The third-order valence-electron chi connectivity index (χ3n) is 19.0. The Morgan fingerprint density at radius 1 is 0.337 bits per heavy atom. The van der Waals surface area contributed by atoms with E-state index in [2.05, 4.69) is 38.2 Å². The normalized spacial score (nSPS) is 13.1. The molecule has 0 aromatic carbocycles. The lowest BCUT2D eigenvalue weighted by atomic mass is 10.0. The van der Waals surface area contributed by atoms with E-state index in [1.165, 1.54) is 366 Å². The van der Waals surface area contributed by atoms with Crippen molar-refractivity contribution in [2.75, 3.05) is 47.5 Å². The molecule has 0 fully saturated rings. The number of likely N-dealkylation sites (N-methyl/N-ethyl adjacent to an activating group) is 1. The van der Waals surface area contributed by atoms with Crippen LogP contribution >= 0.6 is 7.82 Å². The Bertz CT molecular complexity index is 1600. The number of phosphoric ester groups is 1. The van der Waals surface area contributed by atoms with Gasteiger partial charge in [0.25, 0.3) is 0 Å². The molecule has 0 heterocycles. The first-order valence-electron chi connectivity index (χ1n) is 41.1. The fourth-order valence-electron chi connectivity index (χ4n) is 12.7. The first kappa shape index (κ1) is 90.5. The molecule has 0 rings (SSSR count). The van der Waals surface area contributed by atoms with Crippen LogP contribution in [0.4, 0.5) is 0 Å². The number of hydrogen-bond donors (Lipinski definition) is 1. The summed E-state index contributed by atoms with van der Waals surface area (Å²) in [6.07, 6.45) is 94.9. The Balaban J connectivity index is 3.88. The van der Waals surface area contributed by atoms with Gasteiger partial charge in [0.1, 0.15) is 19.8 Å². The van der Waals surface area contributed by atoms with Crippen LogP contribution in [-0.2, 0) is 32.7 Å². The maximum absolute atomic E-state index is 12.9. The van der Waals surface area contributed by atoms with E-state index >= 15 is 0 Å². The molecule has 0 spiro atoms. The molecule has 0 aliphatic heterocycles. The first-order chi connectivity index (χ1) is 45.0. The highest BCUT2D eigenvalue weighted by atomic mass is 31.2. The molecule has 10 heteroatoms. The summed E-state index contributed by atoms with van der Waals surface area (Å²) in [6, 6.07) is 0. The largest absolute Gasteiger partial charge is 0.472 e. The zero-order valence-electron chi connectivity index (χ0n) is 62.6. The SMILES string of the molecule is CCCCCCC/C=C\C/C=C\CCCCCCCCCCCCCCCCCCCCCCCC(=O)OC(COC(=O)CCCCCCCCCCCCCCCCCCCCCCCCCCCCCCCCCCCCC)COP(=O)(O)OCC[N+](C)(C)C. The van der Waals surface area contributed by atoms with Crippen LogP contribution in [0, 0.1) is 0 Å². The van der Waals surface area contributed by atoms with Gasteiger partial charge in [-0.05, 0) is 44.9 Å². The molecular formula is C82H161NO8P+. The summed E-state index contributed by atoms with van der Waals surface area (Å²) in [7, 11) is 1.51. The predicted octanol–water partition coefficient (Wildman–Crippen LogP) is 27.2. The lowest BCUT2D eigenvalue weighted by Crippen LogP contribution is -2.37. The van der Waals surface area contributed by atoms with Gasteiger partial charge in [-0.15, -0.1) is 0 Å². The maximum atomic E-state index is 12.9. The highest BCUT2D eigenvalue weighted by molar-refractivity contribution is 7.47. The van der Waals surface area contributed by atoms with Gasteiger partial charge in [-0.1, -0.05) is 404 Å². The van der Waals surface area contributed by atoms with Crippen LogP contribution in [0.5, 0.6) is 0 Å². The van der Waals surface area contributed by atoms with Crippen molar-refractivity contribution in [3.05, 3.63) is 24.3 Å². The van der Waals surface area contributed by atoms with E-state index in [0.29, 0.717) is 17.4 Å². The third-order valence-corrected chi connectivity index (χ3v) is 20.0. The molecule has 0 amide bonds. The number of rotatable bonds is 78. The molecule has 9 nitrogen and oxygen atoms in total. The average Bonchev–Trinajstić information content (AvgIpc) is 2.23. The van der Waals surface area contributed by atoms with Crippen LogP contribution in [0.2, 0.25) is 0 Å². The molecular weight excluding hydrogens is 1160 g/mol.